The van der Waals surface area contributed by atoms with E-state index in [1.807, 2.05) is 4.98 Å². The molecule has 2 aromatic rings. The second-order valence-electron chi connectivity index (χ2n) is 10.3. The fourth-order valence-corrected chi connectivity index (χ4v) is 5.65. The lowest BCUT2D eigenvalue weighted by atomic mass is 9.98. The molecule has 1 heterocycles. The highest BCUT2D eigenvalue weighted by Crippen LogP contribution is 2.46. The van der Waals surface area contributed by atoms with Gasteiger partial charge in [0.25, 0.3) is 5.56 Å². The molecule has 1 aliphatic carbocycles. The summed E-state index contributed by atoms with van der Waals surface area (Å²) in [5.41, 5.74) is -4.01. The van der Waals surface area contributed by atoms with Crippen LogP contribution in [-0.2, 0) is 23.4 Å². The van der Waals surface area contributed by atoms with E-state index in [0.717, 1.165) is 58.2 Å². The zero-order valence-corrected chi connectivity index (χ0v) is 24.1. The number of H-pyrrole nitrogens is 1. The van der Waals surface area contributed by atoms with Gasteiger partial charge in [-0.3, -0.25) is 23.7 Å². The molecule has 0 radical (unpaired) electrons. The van der Waals surface area contributed by atoms with Crippen molar-refractivity contribution < 1.29 is 42.5 Å². The molecule has 1 aliphatic rings. The van der Waals surface area contributed by atoms with Crippen LogP contribution in [0, 0.1) is 0 Å². The van der Waals surface area contributed by atoms with Gasteiger partial charge in [0, 0.05) is 12.3 Å². The Morgan fingerprint density at radius 3 is 2.46 bits per heavy atom. The number of aliphatic hydroxyl groups is 2. The number of ether oxygens (including phenoxy) is 2. The smallest absolute Gasteiger partial charge is 0.459 e. The first-order valence-electron chi connectivity index (χ1n) is 13.2. The standard InChI is InChI=1S/C26H37FN3O10P/c1-18(22(33)38-19-10-6-4-7-11-19)29-41(36,40-20-12-8-5-9-13-20)37-17-26(3,27)39-23(25(2,35)16-31)30-15-14-21(32)28-24(30)34/h5,8-9,12-15,18-19,23,31,35H,4,6-7,10-11,16-17H2,1-3H3,(H,29,36)(H,28,32,34). The quantitative estimate of drug-likeness (QED) is 0.185. The van der Waals surface area contributed by atoms with Gasteiger partial charge in [-0.15, -0.1) is 0 Å². The summed E-state index contributed by atoms with van der Waals surface area (Å²) >= 11 is 0. The average Bonchev–Trinajstić information content (AvgIpc) is 2.92. The molecule has 1 aromatic carbocycles. The average molecular weight is 602 g/mol. The molecule has 15 heteroatoms. The molecule has 0 aliphatic heterocycles. The number of halogens is 1. The number of nitrogens with one attached hydrogen (secondary N) is 2. The summed E-state index contributed by atoms with van der Waals surface area (Å²) in [4.78, 5) is 38.5. The summed E-state index contributed by atoms with van der Waals surface area (Å²) in [6.45, 7) is 1.31. The van der Waals surface area contributed by atoms with Gasteiger partial charge in [-0.1, -0.05) is 24.6 Å². The maximum absolute atomic E-state index is 15.8. The van der Waals surface area contributed by atoms with Crippen molar-refractivity contribution >= 4 is 13.7 Å². The Kier molecular flexibility index (Phi) is 11.0. The second kappa shape index (κ2) is 13.9. The summed E-state index contributed by atoms with van der Waals surface area (Å²) < 4.78 is 52.0. The van der Waals surface area contributed by atoms with Crippen LogP contribution >= 0.6 is 7.75 Å². The molecule has 0 spiro atoms. The highest BCUT2D eigenvalue weighted by molar-refractivity contribution is 7.52. The van der Waals surface area contributed by atoms with Crippen molar-refractivity contribution in [2.24, 2.45) is 0 Å². The zero-order valence-electron chi connectivity index (χ0n) is 23.2. The van der Waals surface area contributed by atoms with Gasteiger partial charge in [0.1, 0.15) is 30.1 Å². The lowest BCUT2D eigenvalue weighted by Gasteiger charge is -2.36. The summed E-state index contributed by atoms with van der Waals surface area (Å²) in [5.74, 6) is -3.45. The van der Waals surface area contributed by atoms with Crippen LogP contribution in [0.3, 0.4) is 0 Å². The van der Waals surface area contributed by atoms with E-state index in [4.69, 9.17) is 18.5 Å². The highest BCUT2D eigenvalue weighted by atomic mass is 31.2. The third kappa shape index (κ3) is 9.59. The van der Waals surface area contributed by atoms with Crippen molar-refractivity contribution in [2.75, 3.05) is 13.2 Å². The summed E-state index contributed by atoms with van der Waals surface area (Å²) in [7, 11) is -4.48. The predicted molar refractivity (Wildman–Crippen MR) is 145 cm³/mol. The van der Waals surface area contributed by atoms with Gasteiger partial charge in [-0.05, 0) is 58.6 Å². The number of benzene rings is 1. The number of nitrogens with zero attached hydrogens (tertiary/aromatic N) is 1. The van der Waals surface area contributed by atoms with E-state index in [-0.39, 0.29) is 11.9 Å². The molecule has 5 unspecified atom stereocenters. The SMILES string of the molecule is CC(NP(=O)(OCC(C)(F)OC(n1ccc(=O)[nH]c1=O)C(C)(O)CO)Oc1ccccc1)C(=O)OC1CCCCC1. The highest BCUT2D eigenvalue weighted by Gasteiger charge is 2.43. The molecule has 3 rings (SSSR count). The Labute approximate surface area is 236 Å². The predicted octanol–water partition coefficient (Wildman–Crippen LogP) is 2.54. The van der Waals surface area contributed by atoms with E-state index < -0.39 is 61.9 Å². The first kappa shape index (κ1) is 32.6. The fraction of sp³-hybridized carbons (Fsp3) is 0.577. The number of para-hydroxylation sites is 1. The Hall–Kier alpha value is -2.87. The molecule has 1 saturated carbocycles. The Balaban J connectivity index is 1.79. The van der Waals surface area contributed by atoms with Crippen molar-refractivity contribution in [2.45, 2.75) is 82.7 Å². The summed E-state index contributed by atoms with van der Waals surface area (Å²) in [5, 5.41) is 22.8. The number of aromatic nitrogens is 2. The van der Waals surface area contributed by atoms with Crippen LogP contribution in [0.15, 0.2) is 52.2 Å². The van der Waals surface area contributed by atoms with E-state index in [1.165, 1.54) is 19.1 Å². The Morgan fingerprint density at radius 1 is 1.20 bits per heavy atom. The summed E-state index contributed by atoms with van der Waals surface area (Å²) in [6.07, 6.45) is 3.21. The van der Waals surface area contributed by atoms with Crippen LogP contribution in [-0.4, -0.2) is 62.5 Å². The van der Waals surface area contributed by atoms with Gasteiger partial charge >= 0.3 is 19.4 Å². The third-order valence-corrected chi connectivity index (χ3v) is 7.94. The second-order valence-corrected chi connectivity index (χ2v) is 12.0. The topological polar surface area (TPSA) is 178 Å². The van der Waals surface area contributed by atoms with E-state index in [1.54, 1.807) is 18.2 Å². The van der Waals surface area contributed by atoms with Crippen molar-refractivity contribution in [1.29, 1.82) is 0 Å². The number of carbonyl (C=O) groups excluding carboxylic acids is 1. The molecule has 13 nitrogen and oxygen atoms in total. The monoisotopic (exact) mass is 601 g/mol. The van der Waals surface area contributed by atoms with Gasteiger partial charge in [0.15, 0.2) is 6.23 Å². The lowest BCUT2D eigenvalue weighted by Crippen LogP contribution is -2.49. The number of rotatable bonds is 14. The number of aliphatic hydroxyl groups excluding tert-OH is 1. The molecule has 0 bridgehead atoms. The zero-order chi connectivity index (χ0) is 30.3. The minimum atomic E-state index is -4.48. The molecule has 41 heavy (non-hydrogen) atoms. The molecule has 1 aromatic heterocycles. The number of hydrogen-bond acceptors (Lipinski definition) is 10. The normalized spacial score (nSPS) is 20.1. The number of aromatic amines is 1. The molecule has 1 fully saturated rings. The molecule has 0 saturated heterocycles. The maximum atomic E-state index is 15.8. The number of carbonyl (C=O) groups is 1. The lowest BCUT2D eigenvalue weighted by molar-refractivity contribution is -0.260. The maximum Gasteiger partial charge on any atom is 0.459 e. The largest absolute Gasteiger partial charge is 0.461 e. The van der Waals surface area contributed by atoms with Crippen LogP contribution in [0.1, 0.15) is 59.1 Å². The molecule has 5 atom stereocenters. The van der Waals surface area contributed by atoms with Crippen LogP contribution in [0.25, 0.3) is 0 Å². The van der Waals surface area contributed by atoms with Crippen molar-refractivity contribution in [3.05, 3.63) is 63.4 Å². The van der Waals surface area contributed by atoms with Gasteiger partial charge in [0.2, 0.25) is 5.85 Å². The Bertz CT molecular complexity index is 1310. The van der Waals surface area contributed by atoms with Crippen LogP contribution in [0.5, 0.6) is 5.75 Å². The summed E-state index contributed by atoms with van der Waals surface area (Å²) in [6, 6.07) is 7.63. The molecule has 0 amide bonds. The van der Waals surface area contributed by atoms with E-state index in [2.05, 4.69) is 5.09 Å². The first-order valence-corrected chi connectivity index (χ1v) is 14.8. The van der Waals surface area contributed by atoms with Gasteiger partial charge in [-0.25, -0.2) is 13.8 Å². The molecule has 228 valence electrons. The Morgan fingerprint density at radius 2 is 1.85 bits per heavy atom. The van der Waals surface area contributed by atoms with Gasteiger partial charge in [0.05, 0.1) is 6.61 Å². The third-order valence-electron chi connectivity index (χ3n) is 6.31. The van der Waals surface area contributed by atoms with Crippen LogP contribution < -0.4 is 20.9 Å². The van der Waals surface area contributed by atoms with E-state index in [9.17, 15) is 29.2 Å². The van der Waals surface area contributed by atoms with Crippen LogP contribution in [0.2, 0.25) is 0 Å². The number of alkyl halides is 1. The number of esters is 1. The van der Waals surface area contributed by atoms with Crippen molar-refractivity contribution in [1.82, 2.24) is 14.6 Å². The molecule has 4 N–H and O–H groups in total. The minimum absolute atomic E-state index is 0.0959. The minimum Gasteiger partial charge on any atom is -0.461 e. The number of hydrogen-bond donors (Lipinski definition) is 4. The van der Waals surface area contributed by atoms with E-state index in [0.29, 0.717) is 4.57 Å². The molecular weight excluding hydrogens is 564 g/mol. The van der Waals surface area contributed by atoms with Gasteiger partial charge in [-0.2, -0.15) is 5.09 Å². The van der Waals surface area contributed by atoms with Crippen molar-refractivity contribution in [3.8, 4) is 5.75 Å². The molecular formula is C26H37FN3O10P. The first-order chi connectivity index (χ1) is 19.2. The van der Waals surface area contributed by atoms with E-state index >= 15 is 4.39 Å². The fourth-order valence-electron chi connectivity index (χ4n) is 4.09. The van der Waals surface area contributed by atoms with Gasteiger partial charge < -0.3 is 24.2 Å². The van der Waals surface area contributed by atoms with Crippen molar-refractivity contribution in [3.63, 3.8) is 0 Å². The van der Waals surface area contributed by atoms with Crippen LogP contribution in [0.4, 0.5) is 4.39 Å².